The van der Waals surface area contributed by atoms with Gasteiger partial charge in [-0.25, -0.2) is 9.97 Å². The van der Waals surface area contributed by atoms with Gasteiger partial charge in [0.25, 0.3) is 0 Å². The highest BCUT2D eigenvalue weighted by Crippen LogP contribution is 2.35. The molecular weight excluding hydrogens is 355 g/mol. The van der Waals surface area contributed by atoms with Crippen LogP contribution in [-0.4, -0.2) is 42.2 Å². The Morgan fingerprint density at radius 3 is 2.33 bits per heavy atom. The van der Waals surface area contributed by atoms with Gasteiger partial charge in [-0.1, -0.05) is 6.07 Å². The number of anilines is 2. The molecule has 0 bridgehead atoms. The van der Waals surface area contributed by atoms with E-state index in [-0.39, 0.29) is 6.04 Å². The summed E-state index contributed by atoms with van der Waals surface area (Å²) in [5, 5.41) is 0. The van der Waals surface area contributed by atoms with Crippen LogP contribution in [0.3, 0.4) is 0 Å². The first kappa shape index (κ1) is 18.0. The van der Waals surface area contributed by atoms with Gasteiger partial charge in [-0.3, -0.25) is 0 Å². The molecule has 4 rings (SSSR count). The smallest absolute Gasteiger partial charge is 0.368 e. The van der Waals surface area contributed by atoms with Crippen LogP contribution in [0.2, 0.25) is 0 Å². The molecular formula is C19H22F3N5. The minimum absolute atomic E-state index is 0.268. The Morgan fingerprint density at radius 1 is 0.963 bits per heavy atom. The molecule has 2 aromatic rings. The van der Waals surface area contributed by atoms with E-state index < -0.39 is 11.7 Å². The molecule has 2 aliphatic rings. The first-order valence-corrected chi connectivity index (χ1v) is 9.15. The van der Waals surface area contributed by atoms with Crippen molar-refractivity contribution in [2.24, 2.45) is 5.73 Å². The van der Waals surface area contributed by atoms with E-state index in [4.69, 9.17) is 5.73 Å². The summed E-state index contributed by atoms with van der Waals surface area (Å²) in [5.74, 6) is 1.29. The normalized spacial score (nSPS) is 23.3. The van der Waals surface area contributed by atoms with Crippen LogP contribution in [0.15, 0.2) is 36.7 Å². The van der Waals surface area contributed by atoms with Crippen LogP contribution in [0.1, 0.15) is 30.0 Å². The largest absolute Gasteiger partial charge is 0.416 e. The fourth-order valence-corrected chi connectivity index (χ4v) is 3.73. The number of piperazine rings is 1. The van der Waals surface area contributed by atoms with Crippen molar-refractivity contribution in [2.75, 3.05) is 36.0 Å². The fraction of sp³-hybridized carbons (Fsp3) is 0.474. The summed E-state index contributed by atoms with van der Waals surface area (Å²) < 4.78 is 38.8. The second-order valence-corrected chi connectivity index (χ2v) is 7.25. The average molecular weight is 377 g/mol. The van der Waals surface area contributed by atoms with Crippen molar-refractivity contribution >= 4 is 11.5 Å². The number of benzene rings is 1. The van der Waals surface area contributed by atoms with E-state index in [2.05, 4.69) is 14.9 Å². The van der Waals surface area contributed by atoms with Gasteiger partial charge >= 0.3 is 6.18 Å². The molecule has 5 nitrogen and oxygen atoms in total. The molecule has 2 heterocycles. The number of nitrogens with two attached hydrogens (primary N) is 1. The Hall–Kier alpha value is -2.35. The first-order valence-electron chi connectivity index (χ1n) is 9.15. The average Bonchev–Trinajstić information content (AvgIpc) is 2.65. The monoisotopic (exact) mass is 377 g/mol. The van der Waals surface area contributed by atoms with E-state index >= 15 is 0 Å². The zero-order chi connectivity index (χ0) is 19.0. The molecule has 27 heavy (non-hydrogen) atoms. The molecule has 0 unspecified atom stereocenters. The van der Waals surface area contributed by atoms with Gasteiger partial charge in [-0.2, -0.15) is 13.2 Å². The van der Waals surface area contributed by atoms with Crippen LogP contribution < -0.4 is 15.5 Å². The first-order chi connectivity index (χ1) is 12.9. The van der Waals surface area contributed by atoms with E-state index in [1.807, 2.05) is 11.0 Å². The highest BCUT2D eigenvalue weighted by molar-refractivity contribution is 5.51. The van der Waals surface area contributed by atoms with Crippen molar-refractivity contribution in [2.45, 2.75) is 31.0 Å². The summed E-state index contributed by atoms with van der Waals surface area (Å²) in [7, 11) is 0. The van der Waals surface area contributed by atoms with Gasteiger partial charge in [0.15, 0.2) is 0 Å². The van der Waals surface area contributed by atoms with Crippen molar-refractivity contribution in [1.82, 2.24) is 9.97 Å². The second kappa shape index (κ2) is 6.99. The topological polar surface area (TPSA) is 58.3 Å². The molecule has 1 aliphatic heterocycles. The maximum absolute atomic E-state index is 12.9. The third kappa shape index (κ3) is 3.85. The molecule has 0 spiro atoms. The lowest BCUT2D eigenvalue weighted by Gasteiger charge is -2.37. The molecule has 8 heteroatoms. The van der Waals surface area contributed by atoms with Crippen LogP contribution >= 0.6 is 0 Å². The molecule has 144 valence electrons. The number of rotatable bonds is 3. The maximum Gasteiger partial charge on any atom is 0.416 e. The number of alkyl halides is 3. The molecule has 0 radical (unpaired) electrons. The summed E-state index contributed by atoms with van der Waals surface area (Å²) in [6.07, 6.45) is -0.813. The predicted octanol–water partition coefficient (Wildman–Crippen LogP) is 3.03. The third-order valence-corrected chi connectivity index (χ3v) is 5.41. The van der Waals surface area contributed by atoms with Gasteiger partial charge < -0.3 is 15.5 Å². The Bertz CT molecular complexity index is 796. The minimum Gasteiger partial charge on any atom is -0.368 e. The van der Waals surface area contributed by atoms with E-state index in [1.54, 1.807) is 12.4 Å². The number of hydrogen-bond acceptors (Lipinski definition) is 5. The standard InChI is InChI=1S/C19H22F3N5/c20-19(21,22)14-2-1-3-16(10-14)26-4-6-27(7-5-26)18-11-17(24-12-25-18)13-8-15(23)9-13/h1-3,10-13,15H,4-9,23H2. The van der Waals surface area contributed by atoms with E-state index in [0.717, 1.165) is 30.4 Å². The summed E-state index contributed by atoms with van der Waals surface area (Å²) >= 11 is 0. The highest BCUT2D eigenvalue weighted by atomic mass is 19.4. The van der Waals surface area contributed by atoms with Crippen LogP contribution in [-0.2, 0) is 6.18 Å². The van der Waals surface area contributed by atoms with Crippen molar-refractivity contribution in [3.63, 3.8) is 0 Å². The van der Waals surface area contributed by atoms with E-state index in [1.165, 1.54) is 12.1 Å². The number of hydrogen-bond donors (Lipinski definition) is 1. The van der Waals surface area contributed by atoms with E-state index in [9.17, 15) is 13.2 Å². The molecule has 1 aliphatic carbocycles. The molecule has 0 amide bonds. The van der Waals surface area contributed by atoms with Crippen molar-refractivity contribution in [3.05, 3.63) is 47.9 Å². The Morgan fingerprint density at radius 2 is 1.67 bits per heavy atom. The fourth-order valence-electron chi connectivity index (χ4n) is 3.73. The molecule has 1 saturated heterocycles. The SMILES string of the molecule is NC1CC(c2cc(N3CCN(c4cccc(C(F)(F)F)c4)CC3)ncn2)C1. The molecule has 1 saturated carbocycles. The summed E-state index contributed by atoms with van der Waals surface area (Å²) in [4.78, 5) is 12.9. The molecule has 2 fully saturated rings. The van der Waals surface area contributed by atoms with Gasteiger partial charge in [-0.15, -0.1) is 0 Å². The number of nitrogens with zero attached hydrogens (tertiary/aromatic N) is 4. The summed E-state index contributed by atoms with van der Waals surface area (Å²) in [6, 6.07) is 7.81. The van der Waals surface area contributed by atoms with Crippen LogP contribution in [0, 0.1) is 0 Å². The van der Waals surface area contributed by atoms with Crippen molar-refractivity contribution in [1.29, 1.82) is 0 Å². The summed E-state index contributed by atoms with van der Waals surface area (Å²) in [5.41, 5.74) is 6.89. The van der Waals surface area contributed by atoms with Gasteiger partial charge in [0.2, 0.25) is 0 Å². The maximum atomic E-state index is 12.9. The van der Waals surface area contributed by atoms with Crippen molar-refractivity contribution < 1.29 is 13.2 Å². The zero-order valence-corrected chi connectivity index (χ0v) is 14.9. The molecule has 1 aromatic heterocycles. The third-order valence-electron chi connectivity index (χ3n) is 5.41. The number of aromatic nitrogens is 2. The lowest BCUT2D eigenvalue weighted by atomic mass is 9.78. The Kier molecular flexibility index (Phi) is 4.67. The van der Waals surface area contributed by atoms with Crippen LogP contribution in [0.4, 0.5) is 24.7 Å². The van der Waals surface area contributed by atoms with Crippen LogP contribution in [0.5, 0.6) is 0 Å². The van der Waals surface area contributed by atoms with Crippen LogP contribution in [0.25, 0.3) is 0 Å². The van der Waals surface area contributed by atoms with Gasteiger partial charge in [0.1, 0.15) is 12.1 Å². The van der Waals surface area contributed by atoms with Crippen molar-refractivity contribution in [3.8, 4) is 0 Å². The number of halogens is 3. The highest BCUT2D eigenvalue weighted by Gasteiger charge is 2.31. The molecule has 0 atom stereocenters. The van der Waals surface area contributed by atoms with Gasteiger partial charge in [0.05, 0.1) is 5.56 Å². The quantitative estimate of drug-likeness (QED) is 0.891. The Balaban J connectivity index is 1.41. The Labute approximate surface area is 156 Å². The predicted molar refractivity (Wildman–Crippen MR) is 97.9 cm³/mol. The molecule has 1 aromatic carbocycles. The zero-order valence-electron chi connectivity index (χ0n) is 14.9. The lowest BCUT2D eigenvalue weighted by molar-refractivity contribution is -0.137. The van der Waals surface area contributed by atoms with Gasteiger partial charge in [0, 0.05) is 55.6 Å². The molecule has 2 N–H and O–H groups in total. The summed E-state index contributed by atoms with van der Waals surface area (Å²) in [6.45, 7) is 2.71. The minimum atomic E-state index is -4.32. The second-order valence-electron chi connectivity index (χ2n) is 7.25. The lowest BCUT2D eigenvalue weighted by Crippen LogP contribution is -2.47. The van der Waals surface area contributed by atoms with Gasteiger partial charge in [-0.05, 0) is 31.0 Å². The van der Waals surface area contributed by atoms with E-state index in [0.29, 0.717) is 37.8 Å².